The number of aromatic nitrogens is 2. The molecule has 2 aromatic heterocycles. The predicted octanol–water partition coefficient (Wildman–Crippen LogP) is -2.12. The summed E-state index contributed by atoms with van der Waals surface area (Å²) >= 11 is 0. The van der Waals surface area contributed by atoms with Crippen LogP contribution in [0.3, 0.4) is 0 Å². The molecule has 0 bridgehead atoms. The molecule has 1 aliphatic rings. The third kappa shape index (κ3) is 4.61. The monoisotopic (exact) mass is 300 g/mol. The Hall–Kier alpha value is -1.78. The highest BCUT2D eigenvalue weighted by atomic mass is 15.3. The van der Waals surface area contributed by atoms with Gasteiger partial charge in [0.05, 0.1) is 25.9 Å². The zero-order valence-electron chi connectivity index (χ0n) is 13.3. The van der Waals surface area contributed by atoms with Crippen molar-refractivity contribution < 1.29 is 19.8 Å². The number of rotatable bonds is 6. The van der Waals surface area contributed by atoms with Crippen LogP contribution in [0.15, 0.2) is 48.8 Å². The molecule has 0 radical (unpaired) electrons. The first-order valence-electron chi connectivity index (χ1n) is 8.48. The Morgan fingerprint density at radius 2 is 1.14 bits per heavy atom. The molecule has 4 N–H and O–H groups in total. The molecular weight excluding hydrogens is 272 g/mol. The highest BCUT2D eigenvalue weighted by molar-refractivity contribution is 4.97. The summed E-state index contributed by atoms with van der Waals surface area (Å²) in [6, 6.07) is 12.7. The van der Waals surface area contributed by atoms with E-state index in [-0.39, 0.29) is 0 Å². The van der Waals surface area contributed by atoms with Crippen LogP contribution < -0.4 is 19.8 Å². The summed E-state index contributed by atoms with van der Waals surface area (Å²) in [7, 11) is 0. The van der Waals surface area contributed by atoms with Crippen LogP contribution in [0, 0.1) is 0 Å². The van der Waals surface area contributed by atoms with Gasteiger partial charge in [-0.05, 0) is 0 Å². The lowest BCUT2D eigenvalue weighted by atomic mass is 10.2. The maximum absolute atomic E-state index is 3.33. The molecule has 4 heteroatoms. The second kappa shape index (κ2) is 8.01. The van der Waals surface area contributed by atoms with Gasteiger partial charge >= 0.3 is 0 Å². The highest BCUT2D eigenvalue weighted by Crippen LogP contribution is 1.88. The molecule has 22 heavy (non-hydrogen) atoms. The van der Waals surface area contributed by atoms with E-state index in [4.69, 9.17) is 0 Å². The molecule has 116 valence electrons. The molecule has 0 aliphatic carbocycles. The topological polar surface area (TPSA) is 37.2 Å². The minimum atomic E-state index is 1.16. The van der Waals surface area contributed by atoms with Crippen LogP contribution in [0.2, 0.25) is 0 Å². The summed E-state index contributed by atoms with van der Waals surface area (Å²) in [5.41, 5.74) is 2.70. The first-order valence-corrected chi connectivity index (χ1v) is 8.48. The van der Waals surface area contributed by atoms with E-state index in [0.717, 1.165) is 12.8 Å². The lowest BCUT2D eigenvalue weighted by Crippen LogP contribution is -3.28. The molecule has 1 aliphatic heterocycles. The maximum Gasteiger partial charge on any atom is 0.185 e. The Balaban J connectivity index is 1.35. The second-order valence-corrected chi connectivity index (χ2v) is 6.28. The van der Waals surface area contributed by atoms with Crippen molar-refractivity contribution >= 4 is 0 Å². The van der Waals surface area contributed by atoms with E-state index >= 15 is 0 Å². The summed E-state index contributed by atoms with van der Waals surface area (Å²) in [4.78, 5) is 10.2. The predicted molar refractivity (Wildman–Crippen MR) is 84.5 cm³/mol. The van der Waals surface area contributed by atoms with Crippen LogP contribution in [0.25, 0.3) is 0 Å². The van der Waals surface area contributed by atoms with E-state index in [0.29, 0.717) is 0 Å². The van der Waals surface area contributed by atoms with Gasteiger partial charge in [0, 0.05) is 24.3 Å². The largest absolute Gasteiger partial charge is 0.325 e. The molecule has 3 heterocycles. The molecule has 1 fully saturated rings. The van der Waals surface area contributed by atoms with Gasteiger partial charge in [-0.1, -0.05) is 12.1 Å². The Morgan fingerprint density at radius 3 is 1.50 bits per heavy atom. The second-order valence-electron chi connectivity index (χ2n) is 6.28. The molecule has 0 aromatic carbocycles. The average molecular weight is 300 g/mol. The molecule has 0 saturated carbocycles. The molecule has 3 rings (SSSR count). The van der Waals surface area contributed by atoms with Crippen molar-refractivity contribution in [3.8, 4) is 0 Å². The van der Waals surface area contributed by atoms with Crippen LogP contribution in [0.1, 0.15) is 11.4 Å². The van der Waals surface area contributed by atoms with Crippen LogP contribution in [0.4, 0.5) is 0 Å². The van der Waals surface area contributed by atoms with E-state index in [2.05, 4.69) is 34.2 Å². The number of hydrogen-bond acceptors (Lipinski definition) is 0. The quantitative estimate of drug-likeness (QED) is 0.612. The Morgan fingerprint density at radius 1 is 0.682 bits per heavy atom. The van der Waals surface area contributed by atoms with Crippen LogP contribution in [-0.2, 0) is 12.8 Å². The van der Waals surface area contributed by atoms with Crippen molar-refractivity contribution in [3.63, 3.8) is 0 Å². The maximum atomic E-state index is 3.33. The van der Waals surface area contributed by atoms with Crippen molar-refractivity contribution in [1.29, 1.82) is 0 Å². The van der Waals surface area contributed by atoms with Gasteiger partial charge in [0.1, 0.15) is 26.2 Å². The van der Waals surface area contributed by atoms with Gasteiger partial charge in [0.25, 0.3) is 0 Å². The SMILES string of the molecule is c1ccc(CC[NH+]2CC[NH+](CCc3cccc[nH+]3)CC2)[nH+]c1. The summed E-state index contributed by atoms with van der Waals surface area (Å²) in [5, 5.41) is 0. The zero-order chi connectivity index (χ0) is 15.0. The number of H-pyrrole nitrogens is 2. The van der Waals surface area contributed by atoms with Gasteiger partial charge in [0.15, 0.2) is 23.8 Å². The van der Waals surface area contributed by atoms with Crippen molar-refractivity contribution in [1.82, 2.24) is 0 Å². The van der Waals surface area contributed by atoms with Crippen LogP contribution in [-0.4, -0.2) is 39.3 Å². The van der Waals surface area contributed by atoms with E-state index < -0.39 is 0 Å². The number of quaternary nitrogens is 2. The molecule has 4 nitrogen and oxygen atoms in total. The molecule has 0 amide bonds. The fourth-order valence-corrected chi connectivity index (χ4v) is 3.25. The Bertz CT molecular complexity index is 484. The molecule has 0 spiro atoms. The summed E-state index contributed by atoms with van der Waals surface area (Å²) < 4.78 is 0. The van der Waals surface area contributed by atoms with Gasteiger partial charge in [-0.15, -0.1) is 0 Å². The summed E-state index contributed by atoms with van der Waals surface area (Å²) in [5.74, 6) is 0. The van der Waals surface area contributed by atoms with Crippen molar-refractivity contribution in [2.45, 2.75) is 12.8 Å². The fraction of sp³-hybridized carbons (Fsp3) is 0.444. The van der Waals surface area contributed by atoms with Gasteiger partial charge < -0.3 is 9.80 Å². The third-order valence-corrected chi connectivity index (χ3v) is 4.71. The standard InChI is InChI=1S/C18H24N4/c1-3-9-19-17(5-1)7-11-21-13-15-22(16-14-21)12-8-18-6-2-4-10-20-18/h1-6,9-10H,7-8,11-16H2/p+4. The van der Waals surface area contributed by atoms with Crippen LogP contribution >= 0.6 is 0 Å². The first kappa shape index (κ1) is 15.1. The first-order chi connectivity index (χ1) is 10.9. The zero-order valence-corrected chi connectivity index (χ0v) is 13.3. The van der Waals surface area contributed by atoms with Gasteiger partial charge in [-0.25, -0.2) is 9.97 Å². The number of piperazine rings is 1. The Kier molecular flexibility index (Phi) is 5.51. The summed E-state index contributed by atoms with van der Waals surface area (Å²) in [6.45, 7) is 7.73. The van der Waals surface area contributed by atoms with Gasteiger partial charge in [-0.2, -0.15) is 0 Å². The normalized spacial score (nSPS) is 21.6. The molecule has 0 atom stereocenters. The van der Waals surface area contributed by atoms with Gasteiger partial charge in [-0.3, -0.25) is 0 Å². The highest BCUT2D eigenvalue weighted by Gasteiger charge is 2.23. The molecule has 0 unspecified atom stereocenters. The van der Waals surface area contributed by atoms with Crippen molar-refractivity contribution in [2.75, 3.05) is 39.3 Å². The third-order valence-electron chi connectivity index (χ3n) is 4.71. The number of nitrogens with one attached hydrogen (secondary N) is 4. The minimum Gasteiger partial charge on any atom is -0.325 e. The fourth-order valence-electron chi connectivity index (χ4n) is 3.25. The van der Waals surface area contributed by atoms with E-state index in [1.54, 1.807) is 9.80 Å². The number of hydrogen-bond donors (Lipinski definition) is 2. The molecular formula is C18H28N4+4. The average Bonchev–Trinajstić information content (AvgIpc) is 2.61. The number of pyridine rings is 2. The summed E-state index contributed by atoms with van der Waals surface area (Å²) in [6.07, 6.45) is 6.36. The minimum absolute atomic E-state index is 1.16. The van der Waals surface area contributed by atoms with E-state index in [1.165, 1.54) is 50.7 Å². The van der Waals surface area contributed by atoms with Crippen molar-refractivity contribution in [2.24, 2.45) is 0 Å². The smallest absolute Gasteiger partial charge is 0.185 e. The van der Waals surface area contributed by atoms with E-state index in [9.17, 15) is 0 Å². The van der Waals surface area contributed by atoms with E-state index in [1.807, 2.05) is 24.5 Å². The Labute approximate surface area is 132 Å². The van der Waals surface area contributed by atoms with Gasteiger partial charge in [0.2, 0.25) is 0 Å². The molecule has 2 aromatic rings. The van der Waals surface area contributed by atoms with Crippen molar-refractivity contribution in [3.05, 3.63) is 60.2 Å². The van der Waals surface area contributed by atoms with Crippen LogP contribution in [0.5, 0.6) is 0 Å². The lowest BCUT2D eigenvalue weighted by molar-refractivity contribution is -1.01. The molecule has 1 saturated heterocycles. The lowest BCUT2D eigenvalue weighted by Gasteiger charge is -2.29. The number of aromatic amines is 2.